The smallest absolute Gasteiger partial charge is 0.263 e. The Morgan fingerprint density at radius 2 is 2.10 bits per heavy atom. The first kappa shape index (κ1) is 15.0. The van der Waals surface area contributed by atoms with Crippen LogP contribution in [-0.2, 0) is 10.0 Å². The molecule has 0 bridgehead atoms. The van der Waals surface area contributed by atoms with Gasteiger partial charge in [0.2, 0.25) is 0 Å². The molecule has 0 spiro atoms. The van der Waals surface area contributed by atoms with Gasteiger partial charge in [-0.2, -0.15) is 0 Å². The second-order valence-corrected chi connectivity index (χ2v) is 5.67. The lowest BCUT2D eigenvalue weighted by Gasteiger charge is -2.08. The molecule has 0 aliphatic carbocycles. The zero-order valence-electron chi connectivity index (χ0n) is 10.7. The molecule has 0 saturated carbocycles. The molecule has 0 aliphatic rings. The van der Waals surface area contributed by atoms with Crippen molar-refractivity contribution in [1.82, 2.24) is 4.98 Å². The zero-order chi connectivity index (χ0) is 15.3. The summed E-state index contributed by atoms with van der Waals surface area (Å²) in [6, 6.07) is 6.43. The van der Waals surface area contributed by atoms with Gasteiger partial charge >= 0.3 is 0 Å². The minimum atomic E-state index is -3.89. The lowest BCUT2D eigenvalue weighted by Crippen LogP contribution is -2.13. The van der Waals surface area contributed by atoms with Crippen LogP contribution in [-0.4, -0.2) is 25.1 Å². The Morgan fingerprint density at radius 1 is 1.29 bits per heavy atom. The first-order valence-corrected chi connectivity index (χ1v) is 7.33. The standard InChI is InChI=1S/C14H11FN2O3S/c15-12-4-1-5-13(8-12)17-21(19,20)14-7-11(3-2-6-18)9-16-10-14/h1,4-5,7-10,17-18H,6H2. The predicted octanol–water partition coefficient (Wildman–Crippen LogP) is 1.37. The Labute approximate surface area is 121 Å². The summed E-state index contributed by atoms with van der Waals surface area (Å²) in [5.74, 6) is 4.42. The first-order valence-electron chi connectivity index (χ1n) is 5.84. The van der Waals surface area contributed by atoms with E-state index in [0.29, 0.717) is 5.56 Å². The third-order valence-corrected chi connectivity index (χ3v) is 3.76. The number of pyridine rings is 1. The monoisotopic (exact) mass is 306 g/mol. The molecule has 0 saturated heterocycles. The Morgan fingerprint density at radius 3 is 2.81 bits per heavy atom. The van der Waals surface area contributed by atoms with Gasteiger partial charge in [0.05, 0.1) is 5.69 Å². The van der Waals surface area contributed by atoms with Gasteiger partial charge in [-0.25, -0.2) is 12.8 Å². The van der Waals surface area contributed by atoms with Crippen molar-refractivity contribution in [2.24, 2.45) is 0 Å². The van der Waals surface area contributed by atoms with Crippen LogP contribution < -0.4 is 4.72 Å². The topological polar surface area (TPSA) is 79.3 Å². The molecule has 108 valence electrons. The molecular weight excluding hydrogens is 295 g/mol. The van der Waals surface area contributed by atoms with Gasteiger partial charge in [-0.3, -0.25) is 9.71 Å². The van der Waals surface area contributed by atoms with Crippen molar-refractivity contribution in [3.05, 3.63) is 54.1 Å². The number of aliphatic hydroxyl groups excluding tert-OH is 1. The molecule has 1 heterocycles. The second-order valence-electron chi connectivity index (χ2n) is 3.99. The minimum Gasteiger partial charge on any atom is -0.384 e. The molecule has 0 aliphatic heterocycles. The number of halogens is 1. The average molecular weight is 306 g/mol. The van der Waals surface area contributed by atoms with Crippen LogP contribution in [0.5, 0.6) is 0 Å². The number of aromatic nitrogens is 1. The van der Waals surface area contributed by atoms with Crippen LogP contribution in [0.4, 0.5) is 10.1 Å². The van der Waals surface area contributed by atoms with Crippen molar-refractivity contribution in [3.63, 3.8) is 0 Å². The van der Waals surface area contributed by atoms with Crippen LogP contribution in [0.3, 0.4) is 0 Å². The maximum absolute atomic E-state index is 13.1. The van der Waals surface area contributed by atoms with Crippen molar-refractivity contribution in [3.8, 4) is 11.8 Å². The number of benzene rings is 1. The lowest BCUT2D eigenvalue weighted by atomic mass is 10.3. The fourth-order valence-electron chi connectivity index (χ4n) is 1.54. The summed E-state index contributed by atoms with van der Waals surface area (Å²) in [5.41, 5.74) is 0.466. The zero-order valence-corrected chi connectivity index (χ0v) is 11.6. The van der Waals surface area contributed by atoms with Crippen LogP contribution >= 0.6 is 0 Å². The summed E-state index contributed by atoms with van der Waals surface area (Å²) >= 11 is 0. The minimum absolute atomic E-state index is 0.100. The van der Waals surface area contributed by atoms with Gasteiger partial charge < -0.3 is 5.11 Å². The molecule has 7 heteroatoms. The van der Waals surface area contributed by atoms with Crippen molar-refractivity contribution in [2.75, 3.05) is 11.3 Å². The molecular formula is C14H11FN2O3S. The van der Waals surface area contributed by atoms with Crippen LogP contribution in [0.25, 0.3) is 0 Å². The fourth-order valence-corrected chi connectivity index (χ4v) is 2.58. The molecule has 2 rings (SSSR count). The van der Waals surface area contributed by atoms with E-state index in [1.807, 2.05) is 0 Å². The predicted molar refractivity (Wildman–Crippen MR) is 75.4 cm³/mol. The van der Waals surface area contributed by atoms with E-state index < -0.39 is 15.8 Å². The lowest BCUT2D eigenvalue weighted by molar-refractivity contribution is 0.350. The molecule has 21 heavy (non-hydrogen) atoms. The van der Waals surface area contributed by atoms with Gasteiger partial charge in [0.15, 0.2) is 0 Å². The first-order chi connectivity index (χ1) is 10.0. The molecule has 1 aromatic carbocycles. The third kappa shape index (κ3) is 4.02. The Hall–Kier alpha value is -2.43. The molecule has 5 nitrogen and oxygen atoms in total. The largest absolute Gasteiger partial charge is 0.384 e. The van der Waals surface area contributed by atoms with Crippen LogP contribution in [0, 0.1) is 17.7 Å². The molecule has 0 unspecified atom stereocenters. The molecule has 2 N–H and O–H groups in total. The maximum atomic E-state index is 13.1. The number of nitrogens with zero attached hydrogens (tertiary/aromatic N) is 1. The summed E-state index contributed by atoms with van der Waals surface area (Å²) in [6.45, 7) is -0.335. The van der Waals surface area contributed by atoms with Crippen LogP contribution in [0.1, 0.15) is 5.56 Å². The van der Waals surface area contributed by atoms with E-state index in [1.165, 1.54) is 30.5 Å². The molecule has 0 fully saturated rings. The van der Waals surface area contributed by atoms with Crippen LogP contribution in [0.15, 0.2) is 47.6 Å². The number of hydrogen-bond donors (Lipinski definition) is 2. The maximum Gasteiger partial charge on any atom is 0.263 e. The van der Waals surface area contributed by atoms with Gasteiger partial charge in [-0.1, -0.05) is 17.9 Å². The number of hydrogen-bond acceptors (Lipinski definition) is 4. The Balaban J connectivity index is 2.31. The number of aliphatic hydroxyl groups is 1. The molecule has 0 amide bonds. The average Bonchev–Trinajstić information content (AvgIpc) is 2.45. The van der Waals surface area contributed by atoms with Gasteiger partial charge in [0, 0.05) is 18.0 Å². The number of nitrogens with one attached hydrogen (secondary N) is 1. The molecule has 2 aromatic rings. The van der Waals surface area contributed by atoms with Crippen molar-refractivity contribution in [2.45, 2.75) is 4.90 Å². The van der Waals surface area contributed by atoms with Crippen LogP contribution in [0.2, 0.25) is 0 Å². The molecule has 0 radical (unpaired) electrons. The highest BCUT2D eigenvalue weighted by molar-refractivity contribution is 7.92. The quantitative estimate of drug-likeness (QED) is 0.839. The van der Waals surface area contributed by atoms with Gasteiger partial charge in [-0.05, 0) is 24.3 Å². The van der Waals surface area contributed by atoms with E-state index in [1.54, 1.807) is 0 Å². The number of anilines is 1. The third-order valence-electron chi connectivity index (χ3n) is 2.41. The fraction of sp³-hybridized carbons (Fsp3) is 0.0714. The Kier molecular flexibility index (Phi) is 4.52. The van der Waals surface area contributed by atoms with Gasteiger partial charge in [0.25, 0.3) is 10.0 Å². The summed E-state index contributed by atoms with van der Waals surface area (Å²) in [4.78, 5) is 3.69. The second kappa shape index (κ2) is 6.35. The highest BCUT2D eigenvalue weighted by atomic mass is 32.2. The van der Waals surface area contributed by atoms with Gasteiger partial charge in [-0.15, -0.1) is 0 Å². The van der Waals surface area contributed by atoms with Gasteiger partial charge in [0.1, 0.15) is 17.3 Å². The van der Waals surface area contributed by atoms with E-state index in [9.17, 15) is 12.8 Å². The summed E-state index contributed by atoms with van der Waals surface area (Å²) in [6.07, 6.45) is 2.54. The van der Waals surface area contributed by atoms with E-state index >= 15 is 0 Å². The Bertz CT molecular complexity index is 810. The summed E-state index contributed by atoms with van der Waals surface area (Å²) in [7, 11) is -3.89. The van der Waals surface area contributed by atoms with E-state index in [4.69, 9.17) is 5.11 Å². The SMILES string of the molecule is O=S(=O)(Nc1cccc(F)c1)c1cncc(C#CCO)c1. The highest BCUT2D eigenvalue weighted by Gasteiger charge is 2.15. The van der Waals surface area contributed by atoms with Crippen molar-refractivity contribution in [1.29, 1.82) is 0 Å². The van der Waals surface area contributed by atoms with Crippen molar-refractivity contribution < 1.29 is 17.9 Å². The highest BCUT2D eigenvalue weighted by Crippen LogP contribution is 2.16. The number of rotatable bonds is 3. The van der Waals surface area contributed by atoms with Crippen molar-refractivity contribution >= 4 is 15.7 Å². The molecule has 0 atom stereocenters. The molecule has 1 aromatic heterocycles. The normalized spacial score (nSPS) is 10.6. The van der Waals surface area contributed by atoms with E-state index in [0.717, 1.165) is 12.3 Å². The summed E-state index contributed by atoms with van der Waals surface area (Å²) in [5, 5.41) is 8.62. The summed E-state index contributed by atoms with van der Waals surface area (Å²) < 4.78 is 39.6. The number of sulfonamides is 1. The van der Waals surface area contributed by atoms with E-state index in [-0.39, 0.29) is 17.2 Å². The van der Waals surface area contributed by atoms with E-state index in [2.05, 4.69) is 21.5 Å².